The van der Waals surface area contributed by atoms with Gasteiger partial charge in [0.05, 0.1) is 12.8 Å². The Kier molecular flexibility index (Phi) is 6.72. The summed E-state index contributed by atoms with van der Waals surface area (Å²) in [5.41, 5.74) is 1.84. The van der Waals surface area contributed by atoms with Gasteiger partial charge in [-0.2, -0.15) is 0 Å². The molecule has 1 aromatic carbocycles. The number of ketones is 1. The standard InChI is InChI=1S/C25H31N5O4/c1-25(2,3)34-23(32)17-29(16-18-5-7-20(33-4)8-6-18)21-15-22(27-30-14-11-26-24(21)30)28-12-9-19(31)10-13-28/h5-8,11,14-15H,9-10,12-13,16-17H2,1-4H3. The first kappa shape index (κ1) is 23.5. The minimum atomic E-state index is -0.588. The summed E-state index contributed by atoms with van der Waals surface area (Å²) in [7, 11) is 1.63. The SMILES string of the molecule is COc1ccc(CN(CC(=O)OC(C)(C)C)c2cc(N3CCC(=O)CC3)nn3ccnc23)cc1. The Morgan fingerprint density at radius 2 is 1.85 bits per heavy atom. The fraction of sp³-hybridized carbons (Fsp3) is 0.440. The van der Waals surface area contributed by atoms with Gasteiger partial charge < -0.3 is 19.3 Å². The molecule has 34 heavy (non-hydrogen) atoms. The van der Waals surface area contributed by atoms with Crippen LogP contribution in [0.1, 0.15) is 39.2 Å². The molecule has 0 bridgehead atoms. The maximum atomic E-state index is 12.9. The molecule has 0 spiro atoms. The van der Waals surface area contributed by atoms with Crippen molar-refractivity contribution in [2.75, 3.05) is 36.5 Å². The van der Waals surface area contributed by atoms with Crippen molar-refractivity contribution in [3.05, 3.63) is 48.3 Å². The molecule has 9 heteroatoms. The number of hydrogen-bond acceptors (Lipinski definition) is 8. The monoisotopic (exact) mass is 465 g/mol. The fourth-order valence-corrected chi connectivity index (χ4v) is 3.97. The van der Waals surface area contributed by atoms with Crippen LogP contribution in [0.5, 0.6) is 5.75 Å². The number of methoxy groups -OCH3 is 1. The average Bonchev–Trinajstić information content (AvgIpc) is 3.26. The van der Waals surface area contributed by atoms with Gasteiger partial charge in [-0.05, 0) is 38.5 Å². The summed E-state index contributed by atoms with van der Waals surface area (Å²) < 4.78 is 12.6. The fourth-order valence-electron chi connectivity index (χ4n) is 3.97. The zero-order chi connectivity index (χ0) is 24.3. The Labute approximate surface area is 199 Å². The van der Waals surface area contributed by atoms with E-state index in [0.717, 1.165) is 22.8 Å². The van der Waals surface area contributed by atoms with Crippen LogP contribution in [0.15, 0.2) is 42.7 Å². The van der Waals surface area contributed by atoms with Gasteiger partial charge in [-0.1, -0.05) is 12.1 Å². The Hall–Kier alpha value is -3.62. The third-order valence-corrected chi connectivity index (χ3v) is 5.59. The average molecular weight is 466 g/mol. The molecule has 180 valence electrons. The van der Waals surface area contributed by atoms with Gasteiger partial charge in [-0.3, -0.25) is 9.59 Å². The van der Waals surface area contributed by atoms with Gasteiger partial charge in [0.1, 0.15) is 23.7 Å². The van der Waals surface area contributed by atoms with Crippen molar-refractivity contribution in [2.45, 2.75) is 45.8 Å². The number of ether oxygens (including phenoxy) is 2. The largest absolute Gasteiger partial charge is 0.497 e. The van der Waals surface area contributed by atoms with Crippen LogP contribution in [0.25, 0.3) is 5.65 Å². The summed E-state index contributed by atoms with van der Waals surface area (Å²) in [5.74, 6) is 1.46. The van der Waals surface area contributed by atoms with E-state index in [2.05, 4.69) is 9.88 Å². The molecule has 9 nitrogen and oxygen atoms in total. The highest BCUT2D eigenvalue weighted by atomic mass is 16.6. The number of imidazole rings is 1. The van der Waals surface area contributed by atoms with Crippen LogP contribution in [0.3, 0.4) is 0 Å². The molecule has 1 saturated heterocycles. The number of hydrogen-bond donors (Lipinski definition) is 0. The lowest BCUT2D eigenvalue weighted by Crippen LogP contribution is -2.36. The Morgan fingerprint density at radius 3 is 2.50 bits per heavy atom. The Morgan fingerprint density at radius 1 is 1.15 bits per heavy atom. The molecule has 0 aliphatic carbocycles. The summed E-state index contributed by atoms with van der Waals surface area (Å²) in [5, 5.41) is 4.70. The van der Waals surface area contributed by atoms with Gasteiger partial charge in [-0.25, -0.2) is 9.50 Å². The Bertz CT molecular complexity index is 1160. The highest BCUT2D eigenvalue weighted by Gasteiger charge is 2.24. The number of carbonyl (C=O) groups excluding carboxylic acids is 2. The zero-order valence-corrected chi connectivity index (χ0v) is 20.2. The number of nitrogens with zero attached hydrogens (tertiary/aromatic N) is 5. The third kappa shape index (κ3) is 5.65. The topological polar surface area (TPSA) is 89.3 Å². The minimum absolute atomic E-state index is 0.0494. The molecule has 0 N–H and O–H groups in total. The number of carbonyl (C=O) groups is 2. The number of fused-ring (bicyclic) bond motifs is 1. The molecule has 4 rings (SSSR count). The molecule has 1 aliphatic heterocycles. The van der Waals surface area contributed by atoms with Crippen LogP contribution < -0.4 is 14.5 Å². The second kappa shape index (κ2) is 9.70. The zero-order valence-electron chi connectivity index (χ0n) is 20.2. The molecule has 0 atom stereocenters. The smallest absolute Gasteiger partial charge is 0.326 e. The van der Waals surface area contributed by atoms with Crippen LogP contribution in [0.4, 0.5) is 11.5 Å². The summed E-state index contributed by atoms with van der Waals surface area (Å²) >= 11 is 0. The van der Waals surface area contributed by atoms with Gasteiger partial charge in [-0.15, -0.1) is 5.10 Å². The maximum absolute atomic E-state index is 12.9. The van der Waals surface area contributed by atoms with E-state index in [4.69, 9.17) is 14.6 Å². The molecule has 1 fully saturated rings. The molecule has 0 unspecified atom stereocenters. The van der Waals surface area contributed by atoms with Crippen LogP contribution >= 0.6 is 0 Å². The summed E-state index contributed by atoms with van der Waals surface area (Å²) in [4.78, 5) is 33.2. The number of benzene rings is 1. The van der Waals surface area contributed by atoms with Crippen molar-refractivity contribution in [1.82, 2.24) is 14.6 Å². The number of anilines is 2. The van der Waals surface area contributed by atoms with Crippen molar-refractivity contribution in [2.24, 2.45) is 0 Å². The van der Waals surface area contributed by atoms with E-state index in [0.29, 0.717) is 38.1 Å². The maximum Gasteiger partial charge on any atom is 0.326 e. The highest BCUT2D eigenvalue weighted by molar-refractivity contribution is 5.82. The van der Waals surface area contributed by atoms with E-state index in [9.17, 15) is 9.59 Å². The van der Waals surface area contributed by atoms with Crippen molar-refractivity contribution >= 4 is 28.9 Å². The van der Waals surface area contributed by atoms with Gasteiger partial charge in [0.2, 0.25) is 0 Å². The molecule has 3 heterocycles. The van der Waals surface area contributed by atoms with Crippen molar-refractivity contribution < 1.29 is 19.1 Å². The number of aromatic nitrogens is 3. The molecule has 2 aromatic heterocycles. The normalized spacial score (nSPS) is 14.4. The second-order valence-electron chi connectivity index (χ2n) is 9.40. The van der Waals surface area contributed by atoms with E-state index in [1.165, 1.54) is 0 Å². The molecular weight excluding hydrogens is 434 g/mol. The van der Waals surface area contributed by atoms with Crippen LogP contribution in [0, 0.1) is 0 Å². The lowest BCUT2D eigenvalue weighted by molar-refractivity contribution is -0.153. The predicted molar refractivity (Wildman–Crippen MR) is 129 cm³/mol. The van der Waals surface area contributed by atoms with Crippen molar-refractivity contribution in [3.63, 3.8) is 0 Å². The van der Waals surface area contributed by atoms with Crippen LogP contribution in [-0.4, -0.2) is 58.7 Å². The lowest BCUT2D eigenvalue weighted by atomic mass is 10.1. The number of piperidine rings is 1. The van der Waals surface area contributed by atoms with Gasteiger partial charge in [0, 0.05) is 50.9 Å². The van der Waals surface area contributed by atoms with Crippen molar-refractivity contribution in [1.29, 1.82) is 0 Å². The van der Waals surface area contributed by atoms with E-state index in [-0.39, 0.29) is 18.3 Å². The predicted octanol–water partition coefficient (Wildman–Crippen LogP) is 3.26. The third-order valence-electron chi connectivity index (χ3n) is 5.59. The van der Waals surface area contributed by atoms with E-state index >= 15 is 0 Å². The lowest BCUT2D eigenvalue weighted by Gasteiger charge is -2.30. The van der Waals surface area contributed by atoms with E-state index < -0.39 is 5.60 Å². The van der Waals surface area contributed by atoms with E-state index in [1.54, 1.807) is 24.0 Å². The van der Waals surface area contributed by atoms with Gasteiger partial charge in [0.15, 0.2) is 11.5 Å². The van der Waals surface area contributed by atoms with Crippen LogP contribution in [0.2, 0.25) is 0 Å². The van der Waals surface area contributed by atoms with Gasteiger partial charge in [0.25, 0.3) is 0 Å². The number of rotatable bonds is 7. The highest BCUT2D eigenvalue weighted by Crippen LogP contribution is 2.28. The second-order valence-corrected chi connectivity index (χ2v) is 9.40. The minimum Gasteiger partial charge on any atom is -0.497 e. The summed E-state index contributed by atoms with van der Waals surface area (Å²) in [6, 6.07) is 9.69. The quantitative estimate of drug-likeness (QED) is 0.491. The molecule has 0 saturated carbocycles. The number of esters is 1. The number of Topliss-reactive ketones (excluding diaryl/α,β-unsaturated/α-hetero) is 1. The first-order valence-corrected chi connectivity index (χ1v) is 11.4. The first-order valence-electron chi connectivity index (χ1n) is 11.4. The summed E-state index contributed by atoms with van der Waals surface area (Å²) in [6.45, 7) is 7.32. The Balaban J connectivity index is 1.71. The van der Waals surface area contributed by atoms with Crippen molar-refractivity contribution in [3.8, 4) is 5.75 Å². The summed E-state index contributed by atoms with van der Waals surface area (Å²) in [6.07, 6.45) is 4.49. The van der Waals surface area contributed by atoms with E-state index in [1.807, 2.05) is 56.0 Å². The first-order chi connectivity index (χ1) is 16.2. The molecule has 0 amide bonds. The molecule has 0 radical (unpaired) electrons. The molecule has 3 aromatic rings. The van der Waals surface area contributed by atoms with Crippen LogP contribution in [-0.2, 0) is 20.9 Å². The van der Waals surface area contributed by atoms with Gasteiger partial charge >= 0.3 is 5.97 Å². The molecular formula is C25H31N5O4. The molecule has 1 aliphatic rings.